The van der Waals surface area contributed by atoms with Crippen molar-refractivity contribution < 1.29 is 17.9 Å². The van der Waals surface area contributed by atoms with Crippen LogP contribution in [0.4, 0.5) is 0 Å². The monoisotopic (exact) mass is 318 g/mol. The lowest BCUT2D eigenvalue weighted by Crippen LogP contribution is -2.27. The predicted octanol–water partition coefficient (Wildman–Crippen LogP) is 1.13. The van der Waals surface area contributed by atoms with Crippen molar-refractivity contribution in [3.8, 4) is 5.75 Å². The van der Waals surface area contributed by atoms with Crippen molar-refractivity contribution in [2.24, 2.45) is 11.1 Å². The molecule has 0 aliphatic heterocycles. The zero-order chi connectivity index (χ0) is 15.1. The number of halogens is 1. The maximum atomic E-state index is 12.2. The minimum absolute atomic E-state index is 0.0584. The van der Waals surface area contributed by atoms with Crippen LogP contribution < -0.4 is 15.2 Å². The van der Waals surface area contributed by atoms with Crippen LogP contribution in [0, 0.1) is 5.92 Å². The van der Waals surface area contributed by atoms with Crippen molar-refractivity contribution in [3.05, 3.63) is 22.7 Å². The van der Waals surface area contributed by atoms with Crippen LogP contribution in [0.15, 0.2) is 17.0 Å². The van der Waals surface area contributed by atoms with Gasteiger partial charge in [0.05, 0.1) is 12.7 Å². The highest BCUT2D eigenvalue weighted by Gasteiger charge is 2.35. The molecule has 0 spiro atoms. The summed E-state index contributed by atoms with van der Waals surface area (Å²) in [6, 6.07) is 2.62. The second-order valence-electron chi connectivity index (χ2n) is 4.82. The van der Waals surface area contributed by atoms with Gasteiger partial charge >= 0.3 is 0 Å². The summed E-state index contributed by atoms with van der Waals surface area (Å²) in [5.41, 5.74) is 0.0584. The average molecular weight is 319 g/mol. The Morgan fingerprint density at radius 3 is 2.55 bits per heavy atom. The molecule has 0 radical (unpaired) electrons. The Balaban J connectivity index is 2.46. The number of nitrogens with one attached hydrogen (secondary N) is 1. The Hall–Kier alpha value is -1.31. The highest BCUT2D eigenvalue weighted by Crippen LogP contribution is 2.33. The zero-order valence-electron chi connectivity index (χ0n) is 11.0. The highest BCUT2D eigenvalue weighted by molar-refractivity contribution is 7.89. The van der Waals surface area contributed by atoms with E-state index in [1.165, 1.54) is 13.2 Å². The van der Waals surface area contributed by atoms with E-state index in [-0.39, 0.29) is 27.3 Å². The van der Waals surface area contributed by atoms with Gasteiger partial charge in [-0.15, -0.1) is 0 Å². The summed E-state index contributed by atoms with van der Waals surface area (Å²) < 4.78 is 28.1. The summed E-state index contributed by atoms with van der Waals surface area (Å²) in [6.07, 6.45) is 0.899. The summed E-state index contributed by atoms with van der Waals surface area (Å²) in [6.45, 7) is 2.01. The van der Waals surface area contributed by atoms with E-state index in [1.807, 2.05) is 6.92 Å². The van der Waals surface area contributed by atoms with Crippen molar-refractivity contribution in [3.63, 3.8) is 0 Å². The normalized spacial score (nSPS) is 21.4. The lowest BCUT2D eigenvalue weighted by Gasteiger charge is -2.13. The van der Waals surface area contributed by atoms with Crippen molar-refractivity contribution in [1.29, 1.82) is 0 Å². The molecule has 0 heterocycles. The number of benzene rings is 1. The fourth-order valence-electron chi connectivity index (χ4n) is 1.93. The molecule has 1 aromatic carbocycles. The van der Waals surface area contributed by atoms with Gasteiger partial charge < -0.3 is 10.1 Å². The van der Waals surface area contributed by atoms with E-state index in [9.17, 15) is 13.2 Å². The van der Waals surface area contributed by atoms with Gasteiger partial charge in [-0.05, 0) is 24.5 Å². The summed E-state index contributed by atoms with van der Waals surface area (Å²) in [5.74, 6) is -0.104. The van der Waals surface area contributed by atoms with Crippen LogP contribution in [0.25, 0.3) is 0 Å². The Morgan fingerprint density at radius 2 is 2.10 bits per heavy atom. The minimum Gasteiger partial charge on any atom is -0.494 e. The van der Waals surface area contributed by atoms with E-state index in [0.717, 1.165) is 12.5 Å². The molecule has 20 heavy (non-hydrogen) atoms. The molecule has 1 aromatic rings. The molecule has 3 N–H and O–H groups in total. The molecule has 6 nitrogen and oxygen atoms in total. The SMILES string of the molecule is COc1c(C(=O)NC2CC2C)cc(Cl)cc1S(N)(=O)=O. The molecule has 0 saturated heterocycles. The van der Waals surface area contributed by atoms with E-state index >= 15 is 0 Å². The minimum atomic E-state index is -4.04. The van der Waals surface area contributed by atoms with Crippen molar-refractivity contribution in [2.75, 3.05) is 7.11 Å². The Bertz CT molecular complexity index is 660. The molecule has 8 heteroatoms. The fraction of sp³-hybridized carbons (Fsp3) is 0.417. The van der Waals surface area contributed by atoms with Crippen LogP contribution in [-0.4, -0.2) is 27.5 Å². The number of sulfonamides is 1. The van der Waals surface area contributed by atoms with Crippen molar-refractivity contribution in [1.82, 2.24) is 5.32 Å². The molecule has 0 aromatic heterocycles. The van der Waals surface area contributed by atoms with Gasteiger partial charge in [0.25, 0.3) is 5.91 Å². The first-order chi connectivity index (χ1) is 9.24. The third kappa shape index (κ3) is 3.05. The third-order valence-electron chi connectivity index (χ3n) is 3.20. The van der Waals surface area contributed by atoms with Crippen LogP contribution in [0.2, 0.25) is 5.02 Å². The van der Waals surface area contributed by atoms with Crippen LogP contribution in [0.5, 0.6) is 5.75 Å². The number of methoxy groups -OCH3 is 1. The van der Waals surface area contributed by atoms with E-state index in [4.69, 9.17) is 21.5 Å². The number of nitrogens with two attached hydrogens (primary N) is 1. The first kappa shape index (κ1) is 15.1. The third-order valence-corrected chi connectivity index (χ3v) is 4.34. The van der Waals surface area contributed by atoms with E-state index in [1.54, 1.807) is 0 Å². The average Bonchev–Trinajstić information content (AvgIpc) is 3.02. The Morgan fingerprint density at radius 1 is 1.50 bits per heavy atom. The first-order valence-corrected chi connectivity index (χ1v) is 7.87. The number of primary sulfonamides is 1. The van der Waals surface area contributed by atoms with Gasteiger partial charge in [-0.2, -0.15) is 0 Å². The second-order valence-corrected chi connectivity index (χ2v) is 6.79. The van der Waals surface area contributed by atoms with Crippen LogP contribution in [-0.2, 0) is 10.0 Å². The molecule has 2 unspecified atom stereocenters. The number of carbonyl (C=O) groups excluding carboxylic acids is 1. The summed E-state index contributed by atoms with van der Waals surface area (Å²) in [4.78, 5) is 11.9. The molecule has 2 rings (SSSR count). The highest BCUT2D eigenvalue weighted by atomic mass is 35.5. The molecule has 1 amide bonds. The number of amides is 1. The molecular formula is C12H15ClN2O4S. The smallest absolute Gasteiger partial charge is 0.255 e. The van der Waals surface area contributed by atoms with Gasteiger partial charge in [0, 0.05) is 11.1 Å². The molecule has 1 aliphatic carbocycles. The van der Waals surface area contributed by atoms with E-state index in [0.29, 0.717) is 5.92 Å². The summed E-state index contributed by atoms with van der Waals surface area (Å²) in [7, 11) is -2.76. The number of ether oxygens (including phenoxy) is 1. The quantitative estimate of drug-likeness (QED) is 0.869. The second kappa shape index (κ2) is 5.23. The molecule has 2 atom stereocenters. The van der Waals surface area contributed by atoms with Crippen LogP contribution >= 0.6 is 11.6 Å². The number of carbonyl (C=O) groups is 1. The Labute approximate surface area is 122 Å². The first-order valence-electron chi connectivity index (χ1n) is 5.95. The van der Waals surface area contributed by atoms with Crippen molar-refractivity contribution in [2.45, 2.75) is 24.3 Å². The summed E-state index contributed by atoms with van der Waals surface area (Å²) in [5, 5.41) is 8.00. The Kier molecular flexibility index (Phi) is 3.95. The maximum absolute atomic E-state index is 12.2. The standard InChI is InChI=1S/C12H15ClN2O4S/c1-6-3-9(6)15-12(16)8-4-7(13)5-10(11(8)19-2)20(14,17)18/h4-6,9H,3H2,1-2H3,(H,15,16)(H2,14,17,18). The van der Waals surface area contributed by atoms with Crippen molar-refractivity contribution >= 4 is 27.5 Å². The fourth-order valence-corrected chi connectivity index (χ4v) is 2.95. The maximum Gasteiger partial charge on any atom is 0.255 e. The van der Waals surface area contributed by atoms with E-state index < -0.39 is 15.9 Å². The van der Waals surface area contributed by atoms with Crippen LogP contribution in [0.3, 0.4) is 0 Å². The van der Waals surface area contributed by atoms with Gasteiger partial charge in [-0.1, -0.05) is 18.5 Å². The van der Waals surface area contributed by atoms with Gasteiger partial charge in [0.2, 0.25) is 10.0 Å². The zero-order valence-corrected chi connectivity index (χ0v) is 12.6. The van der Waals surface area contributed by atoms with Gasteiger partial charge in [0.15, 0.2) is 5.75 Å². The molecule has 1 aliphatic rings. The largest absolute Gasteiger partial charge is 0.494 e. The topological polar surface area (TPSA) is 98.5 Å². The lowest BCUT2D eigenvalue weighted by molar-refractivity contribution is 0.0946. The van der Waals surface area contributed by atoms with Gasteiger partial charge in [-0.25, -0.2) is 13.6 Å². The number of hydrogen-bond acceptors (Lipinski definition) is 4. The van der Waals surface area contributed by atoms with E-state index in [2.05, 4.69) is 5.32 Å². The molecule has 1 saturated carbocycles. The van der Waals surface area contributed by atoms with Gasteiger partial charge in [0.1, 0.15) is 4.90 Å². The molecule has 1 fully saturated rings. The number of hydrogen-bond donors (Lipinski definition) is 2. The summed E-state index contributed by atoms with van der Waals surface area (Å²) >= 11 is 5.85. The van der Waals surface area contributed by atoms with Gasteiger partial charge in [-0.3, -0.25) is 4.79 Å². The number of rotatable bonds is 4. The predicted molar refractivity (Wildman–Crippen MR) is 74.4 cm³/mol. The lowest BCUT2D eigenvalue weighted by atomic mass is 10.2. The van der Waals surface area contributed by atoms with Crippen LogP contribution in [0.1, 0.15) is 23.7 Å². The molecule has 0 bridgehead atoms. The molecular weight excluding hydrogens is 304 g/mol. The molecule has 110 valence electrons.